The zero-order chi connectivity index (χ0) is 24.0. The standard InChI is InChI=1S/C24H25BrN4O3S/c1-15(29(14-31)13-18-12-27-16(2)28-23(18)26-3)21(10-11-30)33-24(32)20-9-8-17-6-4-5-7-19(17)22(20)25/h4-9,12,14,30H,10-11,13H2,1-3H3,(H,26,27,28)/b21-15-. The average molecular weight is 529 g/mol. The summed E-state index contributed by atoms with van der Waals surface area (Å²) in [5, 5.41) is 14.4. The van der Waals surface area contributed by atoms with E-state index < -0.39 is 0 Å². The fourth-order valence-corrected chi connectivity index (χ4v) is 5.14. The lowest BCUT2D eigenvalue weighted by molar-refractivity contribution is -0.116. The molecule has 9 heteroatoms. The molecule has 2 N–H and O–H groups in total. The number of amides is 1. The monoisotopic (exact) mass is 528 g/mol. The van der Waals surface area contributed by atoms with Gasteiger partial charge in [0.25, 0.3) is 0 Å². The van der Waals surface area contributed by atoms with E-state index in [1.807, 2.05) is 30.3 Å². The summed E-state index contributed by atoms with van der Waals surface area (Å²) in [7, 11) is 1.76. The number of aromatic nitrogens is 2. The molecule has 0 saturated carbocycles. The number of anilines is 1. The van der Waals surface area contributed by atoms with Gasteiger partial charge in [-0.15, -0.1) is 0 Å². The molecule has 3 aromatic rings. The van der Waals surface area contributed by atoms with E-state index in [1.54, 1.807) is 33.2 Å². The van der Waals surface area contributed by atoms with E-state index in [0.29, 0.717) is 34.2 Å². The number of halogens is 1. The Morgan fingerprint density at radius 1 is 1.27 bits per heavy atom. The molecule has 33 heavy (non-hydrogen) atoms. The Hall–Kier alpha value is -2.75. The summed E-state index contributed by atoms with van der Waals surface area (Å²) in [6.45, 7) is 3.64. The van der Waals surface area contributed by atoms with Crippen molar-refractivity contribution in [3.8, 4) is 0 Å². The molecule has 3 rings (SSSR count). The first-order valence-electron chi connectivity index (χ1n) is 10.3. The average Bonchev–Trinajstić information content (AvgIpc) is 2.82. The summed E-state index contributed by atoms with van der Waals surface area (Å²) >= 11 is 4.59. The minimum absolute atomic E-state index is 0.145. The first-order valence-corrected chi connectivity index (χ1v) is 11.9. The molecule has 1 heterocycles. The zero-order valence-electron chi connectivity index (χ0n) is 18.6. The van der Waals surface area contributed by atoms with Crippen LogP contribution in [0.25, 0.3) is 10.8 Å². The van der Waals surface area contributed by atoms with Gasteiger partial charge in [-0.1, -0.05) is 30.3 Å². The van der Waals surface area contributed by atoms with Crippen molar-refractivity contribution in [1.82, 2.24) is 14.9 Å². The summed E-state index contributed by atoms with van der Waals surface area (Å²) in [5.41, 5.74) is 1.87. The fourth-order valence-electron chi connectivity index (χ4n) is 3.37. The lowest BCUT2D eigenvalue weighted by Crippen LogP contribution is -2.22. The van der Waals surface area contributed by atoms with E-state index in [0.717, 1.165) is 32.6 Å². The number of benzene rings is 2. The minimum atomic E-state index is -0.170. The number of allylic oxidation sites excluding steroid dienone is 1. The van der Waals surface area contributed by atoms with Crippen molar-refractivity contribution in [2.75, 3.05) is 19.0 Å². The summed E-state index contributed by atoms with van der Waals surface area (Å²) in [4.78, 5) is 35.8. The van der Waals surface area contributed by atoms with Gasteiger partial charge in [-0.3, -0.25) is 9.59 Å². The Balaban J connectivity index is 1.91. The number of thioether (sulfide) groups is 1. The summed E-state index contributed by atoms with van der Waals surface area (Å²) in [6, 6.07) is 11.5. The van der Waals surface area contributed by atoms with Crippen molar-refractivity contribution >= 4 is 55.8 Å². The Labute approximate surface area is 205 Å². The number of fused-ring (bicyclic) bond motifs is 1. The first-order chi connectivity index (χ1) is 15.9. The molecule has 2 aromatic carbocycles. The molecular weight excluding hydrogens is 504 g/mol. The van der Waals surface area contributed by atoms with Crippen molar-refractivity contribution in [2.45, 2.75) is 26.8 Å². The molecule has 7 nitrogen and oxygen atoms in total. The van der Waals surface area contributed by atoms with Gasteiger partial charge in [0.1, 0.15) is 11.6 Å². The Morgan fingerprint density at radius 3 is 2.73 bits per heavy atom. The molecule has 0 saturated heterocycles. The highest BCUT2D eigenvalue weighted by Crippen LogP contribution is 2.34. The van der Waals surface area contributed by atoms with Crippen LogP contribution in [0.15, 0.2) is 57.7 Å². The second kappa shape index (κ2) is 11.4. The van der Waals surface area contributed by atoms with Gasteiger partial charge in [-0.25, -0.2) is 9.97 Å². The number of hydrogen-bond donors (Lipinski definition) is 2. The van der Waals surface area contributed by atoms with E-state index in [4.69, 9.17) is 0 Å². The third kappa shape index (κ3) is 5.79. The topological polar surface area (TPSA) is 95.4 Å². The summed E-state index contributed by atoms with van der Waals surface area (Å²) < 4.78 is 0.724. The predicted octanol–water partition coefficient (Wildman–Crippen LogP) is 4.89. The summed E-state index contributed by atoms with van der Waals surface area (Å²) in [5.74, 6) is 1.26. The van der Waals surface area contributed by atoms with Gasteiger partial charge in [0, 0.05) is 52.5 Å². The maximum absolute atomic E-state index is 13.2. The molecule has 172 valence electrons. The van der Waals surface area contributed by atoms with Gasteiger partial charge >= 0.3 is 0 Å². The Morgan fingerprint density at radius 2 is 2.03 bits per heavy atom. The highest BCUT2D eigenvalue weighted by Gasteiger charge is 2.20. The number of aryl methyl sites for hydroxylation is 1. The number of nitrogens with zero attached hydrogens (tertiary/aromatic N) is 3. The molecule has 0 aliphatic carbocycles. The van der Waals surface area contributed by atoms with Crippen LogP contribution in [-0.2, 0) is 11.3 Å². The van der Waals surface area contributed by atoms with Crippen LogP contribution >= 0.6 is 27.7 Å². The highest BCUT2D eigenvalue weighted by atomic mass is 79.9. The SMILES string of the molecule is CNc1nc(C)ncc1CN(C=O)/C(C)=C(/CCO)SC(=O)c1ccc2ccccc2c1Br. The quantitative estimate of drug-likeness (QED) is 0.381. The van der Waals surface area contributed by atoms with Gasteiger partial charge in [-0.05, 0) is 58.4 Å². The van der Waals surface area contributed by atoms with Crippen LogP contribution in [0.4, 0.5) is 5.82 Å². The fraction of sp³-hybridized carbons (Fsp3) is 0.250. The van der Waals surface area contributed by atoms with Crippen LogP contribution in [-0.4, -0.2) is 45.2 Å². The molecule has 1 amide bonds. The first kappa shape index (κ1) is 24.9. The maximum Gasteiger partial charge on any atom is 0.225 e. The maximum atomic E-state index is 13.2. The third-order valence-corrected chi connectivity index (χ3v) is 7.17. The summed E-state index contributed by atoms with van der Waals surface area (Å²) in [6.07, 6.45) is 2.64. The van der Waals surface area contributed by atoms with Crippen molar-refractivity contribution in [3.63, 3.8) is 0 Å². The van der Waals surface area contributed by atoms with Crippen LogP contribution in [0.3, 0.4) is 0 Å². The van der Waals surface area contributed by atoms with E-state index in [1.165, 1.54) is 4.90 Å². The number of hydrogen-bond acceptors (Lipinski definition) is 7. The number of aliphatic hydroxyl groups is 1. The smallest absolute Gasteiger partial charge is 0.225 e. The van der Waals surface area contributed by atoms with Crippen LogP contribution in [0.2, 0.25) is 0 Å². The van der Waals surface area contributed by atoms with E-state index >= 15 is 0 Å². The molecule has 0 fully saturated rings. The zero-order valence-corrected chi connectivity index (χ0v) is 21.0. The molecule has 0 radical (unpaired) electrons. The van der Waals surface area contributed by atoms with Gasteiger partial charge in [0.05, 0.1) is 6.54 Å². The predicted molar refractivity (Wildman–Crippen MR) is 136 cm³/mol. The lowest BCUT2D eigenvalue weighted by atomic mass is 10.1. The van der Waals surface area contributed by atoms with Crippen LogP contribution in [0, 0.1) is 6.92 Å². The number of carbonyl (C=O) groups excluding carboxylic acids is 2. The Kier molecular flexibility index (Phi) is 8.60. The lowest BCUT2D eigenvalue weighted by Gasteiger charge is -2.22. The molecule has 0 aliphatic heterocycles. The Bertz CT molecular complexity index is 1220. The second-order valence-corrected chi connectivity index (χ2v) is 9.16. The van der Waals surface area contributed by atoms with E-state index in [-0.39, 0.29) is 24.7 Å². The number of nitrogens with one attached hydrogen (secondary N) is 1. The van der Waals surface area contributed by atoms with E-state index in [9.17, 15) is 14.7 Å². The largest absolute Gasteiger partial charge is 0.396 e. The van der Waals surface area contributed by atoms with Crippen molar-refractivity contribution in [1.29, 1.82) is 0 Å². The number of aliphatic hydroxyl groups excluding tert-OH is 1. The van der Waals surface area contributed by atoms with Gasteiger partial charge < -0.3 is 15.3 Å². The molecular formula is C24H25BrN4O3S. The van der Waals surface area contributed by atoms with Crippen LogP contribution in [0.1, 0.15) is 35.1 Å². The number of rotatable bonds is 9. The minimum Gasteiger partial charge on any atom is -0.396 e. The van der Waals surface area contributed by atoms with Crippen molar-refractivity contribution in [3.05, 3.63) is 74.6 Å². The van der Waals surface area contributed by atoms with Crippen LogP contribution in [0.5, 0.6) is 0 Å². The normalized spacial score (nSPS) is 11.8. The van der Waals surface area contributed by atoms with Gasteiger partial charge in [0.2, 0.25) is 11.5 Å². The molecule has 0 aliphatic rings. The van der Waals surface area contributed by atoms with E-state index in [2.05, 4.69) is 31.2 Å². The van der Waals surface area contributed by atoms with Crippen molar-refractivity contribution < 1.29 is 14.7 Å². The molecule has 1 aromatic heterocycles. The molecule has 0 atom stereocenters. The van der Waals surface area contributed by atoms with Crippen LogP contribution < -0.4 is 5.32 Å². The number of carbonyl (C=O) groups is 2. The highest BCUT2D eigenvalue weighted by molar-refractivity contribution is 9.10. The van der Waals surface area contributed by atoms with Gasteiger partial charge in [-0.2, -0.15) is 0 Å². The second-order valence-electron chi connectivity index (χ2n) is 7.29. The van der Waals surface area contributed by atoms with Gasteiger partial charge in [0.15, 0.2) is 0 Å². The van der Waals surface area contributed by atoms with Crippen molar-refractivity contribution in [2.24, 2.45) is 0 Å². The third-order valence-electron chi connectivity index (χ3n) is 5.16. The molecule has 0 bridgehead atoms. The molecule has 0 spiro atoms. The molecule has 0 unspecified atom stereocenters.